The molecule has 1 aliphatic rings. The molecule has 2 unspecified atom stereocenters. The Morgan fingerprint density at radius 2 is 1.45 bits per heavy atom. The SMILES string of the molecule is C[Si](C)(C)CCO[C@@H]1OC(COC(=O)c2ccccc2)[C@@H](N=[N+]=[N-])C(OC(=O)c2ccccc2)[C@H]1N=[N+]=[N-]. The van der Waals surface area contributed by atoms with Gasteiger partial charge in [-0.25, -0.2) is 9.59 Å². The fourth-order valence-corrected chi connectivity index (χ4v) is 4.49. The third-order valence-corrected chi connectivity index (χ3v) is 7.49. The average molecular weight is 539 g/mol. The summed E-state index contributed by atoms with van der Waals surface area (Å²) >= 11 is 0. The molecular formula is C25H30N6O6Si. The van der Waals surface area contributed by atoms with Crippen LogP contribution in [0.15, 0.2) is 70.9 Å². The summed E-state index contributed by atoms with van der Waals surface area (Å²) < 4.78 is 23.2. The molecule has 0 radical (unpaired) electrons. The van der Waals surface area contributed by atoms with E-state index in [2.05, 4.69) is 39.7 Å². The summed E-state index contributed by atoms with van der Waals surface area (Å²) in [6.07, 6.45) is -3.43. The fraction of sp³-hybridized carbons (Fsp3) is 0.440. The summed E-state index contributed by atoms with van der Waals surface area (Å²) in [5.41, 5.74) is 19.2. The molecule has 38 heavy (non-hydrogen) atoms. The molecule has 1 fully saturated rings. The van der Waals surface area contributed by atoms with E-state index >= 15 is 0 Å². The summed E-state index contributed by atoms with van der Waals surface area (Å²) in [7, 11) is -1.49. The molecule has 0 amide bonds. The summed E-state index contributed by atoms with van der Waals surface area (Å²) in [6.45, 7) is 6.51. The highest BCUT2D eigenvalue weighted by atomic mass is 28.3. The zero-order chi connectivity index (χ0) is 27.5. The molecule has 0 aromatic heterocycles. The van der Waals surface area contributed by atoms with Crippen molar-refractivity contribution in [2.24, 2.45) is 10.2 Å². The number of hydrogen-bond acceptors (Lipinski definition) is 8. The first-order valence-electron chi connectivity index (χ1n) is 12.1. The van der Waals surface area contributed by atoms with Gasteiger partial charge in [-0.3, -0.25) is 0 Å². The van der Waals surface area contributed by atoms with E-state index in [1.54, 1.807) is 60.7 Å². The second-order valence-corrected chi connectivity index (χ2v) is 15.4. The molecule has 1 heterocycles. The van der Waals surface area contributed by atoms with Crippen molar-refractivity contribution >= 4 is 20.0 Å². The molecule has 0 aliphatic carbocycles. The average Bonchev–Trinajstić information content (AvgIpc) is 2.90. The topological polar surface area (TPSA) is 169 Å². The second kappa shape index (κ2) is 13.6. The lowest BCUT2D eigenvalue weighted by molar-refractivity contribution is -0.235. The lowest BCUT2D eigenvalue weighted by Crippen LogP contribution is -2.59. The molecule has 1 saturated heterocycles. The molecule has 2 aromatic rings. The lowest BCUT2D eigenvalue weighted by atomic mass is 9.95. The van der Waals surface area contributed by atoms with Crippen LogP contribution in [0.25, 0.3) is 20.9 Å². The van der Waals surface area contributed by atoms with Gasteiger partial charge in [-0.15, -0.1) is 0 Å². The number of carbonyl (C=O) groups excluding carboxylic acids is 2. The minimum absolute atomic E-state index is 0.252. The van der Waals surface area contributed by atoms with Gasteiger partial charge in [0.25, 0.3) is 0 Å². The van der Waals surface area contributed by atoms with E-state index in [0.717, 1.165) is 6.04 Å². The molecule has 200 valence electrons. The Kier molecular flexibility index (Phi) is 10.3. The van der Waals surface area contributed by atoms with Crippen molar-refractivity contribution in [3.8, 4) is 0 Å². The van der Waals surface area contributed by atoms with Crippen molar-refractivity contribution in [2.75, 3.05) is 13.2 Å². The molecule has 0 N–H and O–H groups in total. The van der Waals surface area contributed by atoms with Crippen LogP contribution in [0, 0.1) is 0 Å². The van der Waals surface area contributed by atoms with E-state index in [9.17, 15) is 20.7 Å². The highest BCUT2D eigenvalue weighted by Gasteiger charge is 2.49. The number of esters is 2. The van der Waals surface area contributed by atoms with Gasteiger partial charge in [0.15, 0.2) is 6.29 Å². The van der Waals surface area contributed by atoms with Gasteiger partial charge in [0, 0.05) is 24.5 Å². The van der Waals surface area contributed by atoms with Crippen LogP contribution in [-0.2, 0) is 18.9 Å². The van der Waals surface area contributed by atoms with E-state index in [1.807, 2.05) is 0 Å². The Morgan fingerprint density at radius 3 is 2.00 bits per heavy atom. The molecule has 0 spiro atoms. The van der Waals surface area contributed by atoms with Crippen molar-refractivity contribution < 1.29 is 28.5 Å². The van der Waals surface area contributed by atoms with Crippen molar-refractivity contribution in [1.82, 2.24) is 0 Å². The van der Waals surface area contributed by atoms with Gasteiger partial charge < -0.3 is 18.9 Å². The largest absolute Gasteiger partial charge is 0.459 e. The number of nitrogens with zero attached hydrogens (tertiary/aromatic N) is 6. The van der Waals surface area contributed by atoms with Gasteiger partial charge in [0.2, 0.25) is 0 Å². The monoisotopic (exact) mass is 538 g/mol. The van der Waals surface area contributed by atoms with E-state index < -0.39 is 50.6 Å². The van der Waals surface area contributed by atoms with Crippen LogP contribution >= 0.6 is 0 Å². The smallest absolute Gasteiger partial charge is 0.338 e. The first kappa shape index (κ1) is 28.7. The van der Waals surface area contributed by atoms with Gasteiger partial charge in [-0.2, -0.15) is 0 Å². The van der Waals surface area contributed by atoms with E-state index in [4.69, 9.17) is 18.9 Å². The van der Waals surface area contributed by atoms with Gasteiger partial charge in [-0.05, 0) is 41.4 Å². The molecule has 12 nitrogen and oxygen atoms in total. The lowest BCUT2D eigenvalue weighted by Gasteiger charge is -2.42. The van der Waals surface area contributed by atoms with Crippen LogP contribution < -0.4 is 0 Å². The predicted molar refractivity (Wildman–Crippen MR) is 141 cm³/mol. The highest BCUT2D eigenvalue weighted by Crippen LogP contribution is 2.31. The molecule has 13 heteroatoms. The second-order valence-electron chi connectivity index (χ2n) is 9.82. The maximum atomic E-state index is 13.0. The maximum absolute atomic E-state index is 13.0. The Morgan fingerprint density at radius 1 is 0.895 bits per heavy atom. The Hall–Kier alpha value is -3.86. The minimum Gasteiger partial charge on any atom is -0.459 e. The molecule has 3 rings (SSSR count). The standard InChI is InChI=1S/C25H30N6O6Si/c1-38(2,3)15-14-34-25-21(29-31-27)22(37-24(33)18-12-8-5-9-13-18)20(28-30-26)19(36-25)16-35-23(32)17-10-6-4-7-11-17/h4-13,19-22,25H,14-16H2,1-3H3/t19?,20-,21-,22?,25-/m1/s1. The minimum atomic E-state index is -1.49. The number of rotatable bonds is 11. The Labute approximate surface area is 221 Å². The number of ether oxygens (including phenoxy) is 4. The predicted octanol–water partition coefficient (Wildman–Crippen LogP) is 5.51. The summed E-state index contributed by atoms with van der Waals surface area (Å²) in [4.78, 5) is 31.3. The third-order valence-electron chi connectivity index (χ3n) is 5.79. The summed E-state index contributed by atoms with van der Waals surface area (Å²) in [5, 5.41) is 7.58. The summed E-state index contributed by atoms with van der Waals surface area (Å²) in [6, 6.07) is 15.0. The molecule has 1 aliphatic heterocycles. The first-order chi connectivity index (χ1) is 18.2. The number of azide groups is 2. The van der Waals surface area contributed by atoms with Crippen molar-refractivity contribution in [2.45, 2.75) is 56.3 Å². The fourth-order valence-electron chi connectivity index (χ4n) is 3.76. The molecule has 2 aromatic carbocycles. The highest BCUT2D eigenvalue weighted by molar-refractivity contribution is 6.76. The number of hydrogen-bond donors (Lipinski definition) is 0. The van der Waals surface area contributed by atoms with E-state index in [1.165, 1.54) is 0 Å². The van der Waals surface area contributed by atoms with E-state index in [-0.39, 0.29) is 12.2 Å². The van der Waals surface area contributed by atoms with Gasteiger partial charge >= 0.3 is 11.9 Å². The molecule has 0 saturated carbocycles. The van der Waals surface area contributed by atoms with E-state index in [0.29, 0.717) is 12.2 Å². The Balaban J connectivity index is 1.90. The van der Waals surface area contributed by atoms with Crippen molar-refractivity contribution in [1.29, 1.82) is 0 Å². The van der Waals surface area contributed by atoms with Crippen molar-refractivity contribution in [3.05, 3.63) is 92.7 Å². The number of benzene rings is 2. The van der Waals surface area contributed by atoms with Gasteiger partial charge in [0.05, 0.1) is 11.1 Å². The van der Waals surface area contributed by atoms with Crippen LogP contribution in [0.4, 0.5) is 0 Å². The normalized spacial score (nSPS) is 22.9. The Bertz CT molecular complexity index is 1180. The van der Waals surface area contributed by atoms with Crippen LogP contribution in [0.2, 0.25) is 25.7 Å². The maximum Gasteiger partial charge on any atom is 0.338 e. The molecule has 5 atom stereocenters. The zero-order valence-electron chi connectivity index (χ0n) is 21.4. The third kappa shape index (κ3) is 8.07. The zero-order valence-corrected chi connectivity index (χ0v) is 22.4. The van der Waals surface area contributed by atoms with Crippen LogP contribution in [0.1, 0.15) is 20.7 Å². The van der Waals surface area contributed by atoms with Gasteiger partial charge in [0.1, 0.15) is 30.9 Å². The van der Waals surface area contributed by atoms with Crippen LogP contribution in [-0.4, -0.2) is 63.8 Å². The van der Waals surface area contributed by atoms with Crippen molar-refractivity contribution in [3.63, 3.8) is 0 Å². The van der Waals surface area contributed by atoms with Crippen LogP contribution in [0.3, 0.4) is 0 Å². The summed E-state index contributed by atoms with van der Waals surface area (Å²) in [5.74, 6) is -1.32. The quantitative estimate of drug-likeness (QED) is 0.120. The van der Waals surface area contributed by atoms with Gasteiger partial charge in [-0.1, -0.05) is 66.3 Å². The molecular weight excluding hydrogens is 508 g/mol. The first-order valence-corrected chi connectivity index (χ1v) is 15.8. The molecule has 0 bridgehead atoms. The number of carbonyl (C=O) groups is 2. The van der Waals surface area contributed by atoms with Crippen LogP contribution in [0.5, 0.6) is 0 Å².